The van der Waals surface area contributed by atoms with Gasteiger partial charge in [-0.15, -0.1) is 0 Å². The van der Waals surface area contributed by atoms with Crippen molar-refractivity contribution in [1.82, 2.24) is 14.8 Å². The number of ether oxygens (including phenoxy) is 4. The lowest BCUT2D eigenvalue weighted by molar-refractivity contribution is -0.228. The van der Waals surface area contributed by atoms with Gasteiger partial charge in [-0.1, -0.05) is 26.0 Å². The van der Waals surface area contributed by atoms with Gasteiger partial charge in [0.2, 0.25) is 5.60 Å². The molecule has 2 saturated heterocycles. The first-order valence-electron chi connectivity index (χ1n) is 21.3. The van der Waals surface area contributed by atoms with Crippen molar-refractivity contribution < 1.29 is 47.9 Å². The number of likely N-dealkylation sites (N-methyl/N-ethyl adjacent to an activating group) is 1. The summed E-state index contributed by atoms with van der Waals surface area (Å²) < 4.78 is 39.0. The normalized spacial score (nSPS) is 36.6. The van der Waals surface area contributed by atoms with Crippen LogP contribution >= 0.6 is 0 Å². The molecule has 3 N–H and O–H groups in total. The second-order valence-electron chi connectivity index (χ2n) is 18.3. The van der Waals surface area contributed by atoms with Crippen LogP contribution in [0.25, 0.3) is 10.9 Å². The number of aromatic amines is 1. The Labute approximate surface area is 349 Å². The number of aliphatic hydroxyl groups is 2. The van der Waals surface area contributed by atoms with Crippen LogP contribution in [0.4, 0.5) is 10.1 Å². The van der Waals surface area contributed by atoms with Crippen LogP contribution in [-0.4, -0.2) is 133 Å². The van der Waals surface area contributed by atoms with Crippen LogP contribution in [-0.2, 0) is 45.8 Å². The number of aromatic nitrogens is 1. The predicted octanol–water partition coefficient (Wildman–Crippen LogP) is 4.13. The number of hydrogen-bond donors (Lipinski definition) is 3. The highest BCUT2D eigenvalue weighted by Gasteiger charge is 2.80. The predicted molar refractivity (Wildman–Crippen MR) is 220 cm³/mol. The highest BCUT2D eigenvalue weighted by molar-refractivity contribution is 5.95. The van der Waals surface area contributed by atoms with Gasteiger partial charge in [-0.3, -0.25) is 19.4 Å². The fourth-order valence-electron chi connectivity index (χ4n) is 13.5. The molecule has 2 aromatic carbocycles. The van der Waals surface area contributed by atoms with Gasteiger partial charge in [-0.2, -0.15) is 0 Å². The van der Waals surface area contributed by atoms with Crippen LogP contribution in [0.3, 0.4) is 0 Å². The fourth-order valence-corrected chi connectivity index (χ4v) is 13.5. The number of hydrogen-bond acceptors (Lipinski definition) is 12. The van der Waals surface area contributed by atoms with Crippen molar-refractivity contribution in [2.24, 2.45) is 11.3 Å². The average molecular weight is 829 g/mol. The van der Waals surface area contributed by atoms with E-state index >= 15 is 9.18 Å². The van der Waals surface area contributed by atoms with Gasteiger partial charge in [-0.05, 0) is 86.4 Å². The molecule has 14 heteroatoms. The lowest BCUT2D eigenvalue weighted by Crippen LogP contribution is -2.81. The minimum Gasteiger partial charge on any atom is -0.496 e. The fraction of sp³-hybridized carbons (Fsp3) is 0.587. The number of fused-ring (bicyclic) bond motifs is 6. The Kier molecular flexibility index (Phi) is 9.55. The van der Waals surface area contributed by atoms with Crippen LogP contribution < -0.4 is 9.64 Å². The monoisotopic (exact) mass is 828 g/mol. The number of nitrogens with zero attached hydrogens (tertiary/aromatic N) is 3. The number of anilines is 1. The Balaban J connectivity index is 1.37. The number of nitrogens with one attached hydrogen (secondary N) is 1. The average Bonchev–Trinajstić information content (AvgIpc) is 3.89. The van der Waals surface area contributed by atoms with E-state index in [0.717, 1.165) is 11.1 Å². The van der Waals surface area contributed by atoms with Crippen molar-refractivity contribution >= 4 is 34.5 Å². The summed E-state index contributed by atoms with van der Waals surface area (Å²) in [6.07, 6.45) is 5.41. The molecule has 2 bridgehead atoms. The summed E-state index contributed by atoms with van der Waals surface area (Å²) >= 11 is 0. The van der Waals surface area contributed by atoms with Gasteiger partial charge in [-0.25, -0.2) is 9.18 Å². The highest BCUT2D eigenvalue weighted by atomic mass is 19.1. The molecule has 1 spiro atoms. The van der Waals surface area contributed by atoms with Gasteiger partial charge >= 0.3 is 17.9 Å². The van der Waals surface area contributed by atoms with Crippen molar-refractivity contribution in [3.8, 4) is 5.75 Å². The van der Waals surface area contributed by atoms with Crippen LogP contribution in [0.2, 0.25) is 0 Å². The van der Waals surface area contributed by atoms with Gasteiger partial charge in [0.15, 0.2) is 6.10 Å². The van der Waals surface area contributed by atoms with Gasteiger partial charge in [0.1, 0.15) is 17.0 Å². The molecule has 322 valence electrons. The molecule has 6 heterocycles. The quantitative estimate of drug-likeness (QED) is 0.178. The largest absolute Gasteiger partial charge is 0.496 e. The summed E-state index contributed by atoms with van der Waals surface area (Å²) in [6, 6.07) is 7.22. The summed E-state index contributed by atoms with van der Waals surface area (Å²) in [5.74, 6) is -2.26. The zero-order chi connectivity index (χ0) is 42.7. The number of piperidine rings is 1. The zero-order valence-electron chi connectivity index (χ0n) is 35.6. The number of rotatable bonds is 7. The van der Waals surface area contributed by atoms with Crippen LogP contribution in [0, 0.1) is 17.2 Å². The first kappa shape index (κ1) is 40.9. The van der Waals surface area contributed by atoms with Crippen LogP contribution in [0.1, 0.15) is 75.3 Å². The number of esters is 3. The standard InChI is InChI=1S/C46H57FN4O9/c1-8-42(55)22-27-23-45(40(53)58-6,36-29(13-17-50(24-27)25-42)30-19-28(47)11-12-33(30)48-36)32-20-31-34(21-35(32)57-5)49(4)38-44(31)15-18-51-16-10-14-43(9-2,37(44)51)39(60-26(3)52)46(38,56)41(54)59-7/h10-12,14,19-21,27,37-39,48,55-56H,8-9,13,15-18,22-25H2,1-7H3/t27-,37-,38+,39+,42?,43+,44+,45-,46-/m0/s1. The summed E-state index contributed by atoms with van der Waals surface area (Å²) in [5, 5.41) is 26.0. The Hall–Kier alpha value is -4.50. The Morgan fingerprint density at radius 1 is 0.967 bits per heavy atom. The van der Waals surface area contributed by atoms with E-state index in [1.807, 2.05) is 50.1 Å². The number of methoxy groups -OCH3 is 3. The van der Waals surface area contributed by atoms with E-state index < -0.39 is 63.3 Å². The summed E-state index contributed by atoms with van der Waals surface area (Å²) in [4.78, 5) is 52.9. The number of H-pyrrole nitrogens is 1. The number of halogens is 1. The number of carbonyl (C=O) groups excluding carboxylic acids is 3. The molecular weight excluding hydrogens is 772 g/mol. The summed E-state index contributed by atoms with van der Waals surface area (Å²) in [7, 11) is 6.00. The molecule has 1 aliphatic carbocycles. The molecule has 10 atom stereocenters. The van der Waals surface area contributed by atoms with Crippen molar-refractivity contribution in [1.29, 1.82) is 0 Å². The van der Waals surface area contributed by atoms with Crippen molar-refractivity contribution in [3.05, 3.63) is 70.7 Å². The van der Waals surface area contributed by atoms with Crippen molar-refractivity contribution in [3.63, 3.8) is 0 Å². The maximum atomic E-state index is 15.3. The van der Waals surface area contributed by atoms with Gasteiger partial charge < -0.3 is 39.0 Å². The first-order valence-corrected chi connectivity index (χ1v) is 21.3. The van der Waals surface area contributed by atoms with Gasteiger partial charge in [0.25, 0.3) is 0 Å². The van der Waals surface area contributed by atoms with Crippen LogP contribution in [0.15, 0.2) is 42.5 Å². The molecule has 13 nitrogen and oxygen atoms in total. The van der Waals surface area contributed by atoms with Crippen LogP contribution in [0.5, 0.6) is 5.75 Å². The minimum atomic E-state index is -2.34. The SMILES string of the molecule is CCC1(O)C[C@@H]2CN(CCc3c([nH]c4ccc(F)cc34)[C@@](C(=O)OC)(c3cc4c(cc3OC)N(C)[C@H]3[C@@](O)(C(=O)OC)[C@H](OC(C)=O)[C@]5(CC)C=CCN6CC[C@]43[C@@H]65)C2)C1. The first-order chi connectivity index (χ1) is 28.6. The molecular formula is C46H57FN4O9. The second kappa shape index (κ2) is 14.0. The molecule has 3 fully saturated rings. The zero-order valence-corrected chi connectivity index (χ0v) is 35.6. The van der Waals surface area contributed by atoms with E-state index in [1.165, 1.54) is 33.3 Å². The van der Waals surface area contributed by atoms with E-state index in [1.54, 1.807) is 13.2 Å². The maximum absolute atomic E-state index is 15.3. The van der Waals surface area contributed by atoms with E-state index in [0.29, 0.717) is 98.4 Å². The molecule has 5 aliphatic heterocycles. The second-order valence-corrected chi connectivity index (χ2v) is 18.3. The Morgan fingerprint density at radius 2 is 1.73 bits per heavy atom. The van der Waals surface area contributed by atoms with Crippen molar-refractivity contribution in [2.45, 2.75) is 99.5 Å². The van der Waals surface area contributed by atoms with Gasteiger partial charge in [0, 0.05) is 90.9 Å². The van der Waals surface area contributed by atoms with Gasteiger partial charge in [0.05, 0.1) is 33.0 Å². The molecule has 0 radical (unpaired) electrons. The third-order valence-electron chi connectivity index (χ3n) is 15.7. The number of carbonyl (C=O) groups is 3. The Morgan fingerprint density at radius 3 is 2.42 bits per heavy atom. The molecule has 1 saturated carbocycles. The van der Waals surface area contributed by atoms with Crippen molar-refractivity contribution in [2.75, 3.05) is 66.0 Å². The lowest BCUT2D eigenvalue weighted by Gasteiger charge is -2.63. The minimum absolute atomic E-state index is 0.176. The molecule has 9 rings (SSSR count). The van der Waals surface area contributed by atoms with E-state index in [-0.39, 0.29) is 18.4 Å². The van der Waals surface area contributed by atoms with E-state index in [2.05, 4.69) is 14.8 Å². The third-order valence-corrected chi connectivity index (χ3v) is 15.7. The number of benzene rings is 2. The van der Waals surface area contributed by atoms with E-state index in [4.69, 9.17) is 18.9 Å². The third kappa shape index (κ3) is 5.26. The smallest absolute Gasteiger partial charge is 0.344 e. The molecule has 3 aromatic rings. The molecule has 6 aliphatic rings. The molecule has 0 amide bonds. The van der Waals surface area contributed by atoms with E-state index in [9.17, 15) is 19.8 Å². The molecule has 2 unspecified atom stereocenters. The lowest BCUT2D eigenvalue weighted by atomic mass is 9.47. The topological polar surface area (TPSA) is 154 Å². The maximum Gasteiger partial charge on any atom is 0.344 e. The molecule has 1 aromatic heterocycles. The summed E-state index contributed by atoms with van der Waals surface area (Å²) in [5.41, 5.74) is -2.77. The highest BCUT2D eigenvalue weighted by Crippen LogP contribution is 2.68. The Bertz CT molecular complexity index is 2320. The summed E-state index contributed by atoms with van der Waals surface area (Å²) in [6.45, 7) is 8.20. The molecule has 60 heavy (non-hydrogen) atoms.